The smallest absolute Gasteiger partial charge is 0.317 e. The average Bonchev–Trinajstić information content (AvgIpc) is 4.01. The summed E-state index contributed by atoms with van der Waals surface area (Å²) in [7, 11) is 1.61. The molecule has 2 aromatic heterocycles. The molecule has 9 rings (SSSR count). The number of rotatable bonds is 13. The molecule has 0 radical (unpaired) electrons. The van der Waals surface area contributed by atoms with Gasteiger partial charge in [-0.15, -0.1) is 0 Å². The maximum atomic E-state index is 15.0. The fraction of sp³-hybridized carbons (Fsp3) is 0.467. The van der Waals surface area contributed by atoms with Crippen molar-refractivity contribution in [3.05, 3.63) is 76.2 Å². The van der Waals surface area contributed by atoms with E-state index in [0.717, 1.165) is 41.0 Å². The molecule has 5 aliphatic heterocycles. The van der Waals surface area contributed by atoms with Crippen molar-refractivity contribution in [1.82, 2.24) is 45.3 Å². The van der Waals surface area contributed by atoms with Crippen molar-refractivity contribution in [1.29, 1.82) is 0 Å². The molecule has 2 saturated heterocycles. The summed E-state index contributed by atoms with van der Waals surface area (Å²) in [4.78, 5) is 80.8. The summed E-state index contributed by atoms with van der Waals surface area (Å²) in [5.74, 6) is -1.86. The molecular weight excluding hydrogens is 845 g/mol. The summed E-state index contributed by atoms with van der Waals surface area (Å²) in [6.07, 6.45) is 4.91. The van der Waals surface area contributed by atoms with E-state index in [1.165, 1.54) is 6.07 Å². The number of anilines is 3. The van der Waals surface area contributed by atoms with Crippen molar-refractivity contribution in [2.45, 2.75) is 89.4 Å². The van der Waals surface area contributed by atoms with E-state index in [4.69, 9.17) is 9.84 Å². The summed E-state index contributed by atoms with van der Waals surface area (Å²) in [5.41, 5.74) is 5.15. The fourth-order valence-corrected chi connectivity index (χ4v) is 9.67. The van der Waals surface area contributed by atoms with Crippen LogP contribution in [0.5, 0.6) is 0 Å². The number of nitrogens with zero attached hydrogens (tertiary/aromatic N) is 7. The molecule has 0 saturated carbocycles. The minimum atomic E-state index is -2.77. The van der Waals surface area contributed by atoms with Crippen molar-refractivity contribution in [2.75, 3.05) is 56.7 Å². The standard InChI is InChI=1S/C45H51F2N11O7/c1-48-45(64)54-17-11-34-32(25-54)41(53-58(34)28-12-19-65-20-13-28)56-16-4-5-26-21-30(31(40(46)47)22-36(26)56)27-23-51-55(24-27)18-15-50-37(59)8-3-14-49-33-7-2-6-29-39(33)44(63)57(43(29)62)35-9-10-38(60)52-42(35)61/h2,6-7,21-24,28,35,40,49H,3-5,8-20,25H2,1H3,(H,48,64)(H,50,59)(H,52,60,61). The van der Waals surface area contributed by atoms with Gasteiger partial charge in [0.25, 0.3) is 18.2 Å². The number of alkyl halides is 2. The highest BCUT2D eigenvalue weighted by Gasteiger charge is 2.45. The van der Waals surface area contributed by atoms with Gasteiger partial charge in [-0.25, -0.2) is 13.6 Å². The summed E-state index contributed by atoms with van der Waals surface area (Å²) >= 11 is 0. The zero-order valence-corrected chi connectivity index (χ0v) is 36.0. The minimum Gasteiger partial charge on any atom is -0.384 e. The highest BCUT2D eigenvalue weighted by Crippen LogP contribution is 2.44. The molecule has 5 aliphatic rings. The van der Waals surface area contributed by atoms with Crippen LogP contribution in [0.3, 0.4) is 0 Å². The molecule has 1 atom stereocenters. The first-order chi connectivity index (χ1) is 31.5. The molecule has 18 nitrogen and oxygen atoms in total. The number of hydrogen-bond donors (Lipinski definition) is 4. The largest absolute Gasteiger partial charge is 0.384 e. The molecule has 1 unspecified atom stereocenters. The number of aromatic nitrogens is 4. The van der Waals surface area contributed by atoms with Crippen molar-refractivity contribution in [3.63, 3.8) is 0 Å². The van der Waals surface area contributed by atoms with Crippen LogP contribution in [0.25, 0.3) is 11.1 Å². The lowest BCUT2D eigenvalue weighted by Gasteiger charge is -2.33. The summed E-state index contributed by atoms with van der Waals surface area (Å²) in [6.45, 7) is 3.67. The monoisotopic (exact) mass is 895 g/mol. The molecule has 7 amide bonds. The lowest BCUT2D eigenvalue weighted by atomic mass is 9.92. The quantitative estimate of drug-likeness (QED) is 0.111. The Bertz CT molecular complexity index is 2550. The molecule has 0 spiro atoms. The van der Waals surface area contributed by atoms with Gasteiger partial charge in [0.2, 0.25) is 17.7 Å². The van der Waals surface area contributed by atoms with Crippen LogP contribution in [0.4, 0.5) is 30.8 Å². The van der Waals surface area contributed by atoms with Gasteiger partial charge in [-0.1, -0.05) is 6.07 Å². The number of aryl methyl sites for hydroxylation is 1. The number of imide groups is 2. The third kappa shape index (κ3) is 8.53. The summed E-state index contributed by atoms with van der Waals surface area (Å²) in [5, 5.41) is 20.5. The van der Waals surface area contributed by atoms with Crippen molar-refractivity contribution >= 4 is 52.8 Å². The van der Waals surface area contributed by atoms with Crippen molar-refractivity contribution in [2.24, 2.45) is 0 Å². The first-order valence-corrected chi connectivity index (χ1v) is 22.3. The highest BCUT2D eigenvalue weighted by molar-refractivity contribution is 6.25. The number of nitrogens with one attached hydrogen (secondary N) is 4. The van der Waals surface area contributed by atoms with Crippen molar-refractivity contribution < 1.29 is 42.3 Å². The van der Waals surface area contributed by atoms with Gasteiger partial charge in [0, 0.05) is 106 Å². The second-order valence-corrected chi connectivity index (χ2v) is 16.9. The number of carbonyl (C=O) groups excluding carboxylic acids is 6. The number of fused-ring (bicyclic) bond motifs is 3. The summed E-state index contributed by atoms with van der Waals surface area (Å²) < 4.78 is 39.4. The van der Waals surface area contributed by atoms with Gasteiger partial charge in [0.05, 0.1) is 36.5 Å². The van der Waals surface area contributed by atoms with E-state index in [2.05, 4.69) is 31.0 Å². The topological polar surface area (TPSA) is 205 Å². The number of urea groups is 1. The molecule has 4 N–H and O–H groups in total. The second-order valence-electron chi connectivity index (χ2n) is 16.9. The van der Waals surface area contributed by atoms with Gasteiger partial charge in [0.1, 0.15) is 6.04 Å². The first-order valence-electron chi connectivity index (χ1n) is 22.3. The Morgan fingerprint density at radius 2 is 1.82 bits per heavy atom. The van der Waals surface area contributed by atoms with Crippen LogP contribution in [0, 0.1) is 0 Å². The van der Waals surface area contributed by atoms with E-state index >= 15 is 8.78 Å². The predicted molar refractivity (Wildman–Crippen MR) is 232 cm³/mol. The second kappa shape index (κ2) is 18.4. The number of amides is 7. The normalized spacial score (nSPS) is 18.7. The number of hydrogen-bond acceptors (Lipinski definition) is 11. The van der Waals surface area contributed by atoms with E-state index in [1.54, 1.807) is 47.2 Å². The maximum absolute atomic E-state index is 15.0. The molecule has 20 heteroatoms. The molecule has 65 heavy (non-hydrogen) atoms. The van der Waals surface area contributed by atoms with Gasteiger partial charge < -0.3 is 30.5 Å². The molecular formula is C45H51F2N11O7. The molecule has 2 fully saturated rings. The zero-order valence-electron chi connectivity index (χ0n) is 36.0. The molecule has 342 valence electrons. The van der Waals surface area contributed by atoms with Crippen LogP contribution < -0.4 is 26.2 Å². The van der Waals surface area contributed by atoms with E-state index in [1.807, 2.05) is 11.0 Å². The number of ether oxygens (including phenoxy) is 1. The predicted octanol–water partition coefficient (Wildman–Crippen LogP) is 4.23. The van der Waals surface area contributed by atoms with Gasteiger partial charge in [-0.3, -0.25) is 43.6 Å². The Morgan fingerprint density at radius 3 is 2.60 bits per heavy atom. The van der Waals surface area contributed by atoms with Crippen LogP contribution in [0.2, 0.25) is 0 Å². The lowest BCUT2D eigenvalue weighted by Crippen LogP contribution is -2.54. The molecule has 2 aromatic carbocycles. The lowest BCUT2D eigenvalue weighted by molar-refractivity contribution is -0.136. The van der Waals surface area contributed by atoms with E-state index in [0.29, 0.717) is 93.5 Å². The molecule has 4 aromatic rings. The Kier molecular flexibility index (Phi) is 12.3. The Hall–Kier alpha value is -6.70. The molecule has 0 bridgehead atoms. The van der Waals surface area contributed by atoms with E-state index in [-0.39, 0.29) is 60.5 Å². The molecule has 0 aliphatic carbocycles. The van der Waals surface area contributed by atoms with Gasteiger partial charge >= 0.3 is 6.03 Å². The van der Waals surface area contributed by atoms with Crippen LogP contribution in [0.15, 0.2) is 42.7 Å². The number of carbonyl (C=O) groups is 6. The maximum Gasteiger partial charge on any atom is 0.317 e. The highest BCUT2D eigenvalue weighted by atomic mass is 19.3. The van der Waals surface area contributed by atoms with Crippen molar-refractivity contribution in [3.8, 4) is 11.1 Å². The average molecular weight is 896 g/mol. The third-order valence-corrected chi connectivity index (χ3v) is 12.9. The molecule has 7 heterocycles. The minimum absolute atomic E-state index is 0.0229. The first kappa shape index (κ1) is 43.5. The van der Waals surface area contributed by atoms with Crippen LogP contribution in [-0.2, 0) is 45.1 Å². The zero-order chi connectivity index (χ0) is 45.4. The van der Waals surface area contributed by atoms with Gasteiger partial charge in [0.15, 0.2) is 5.82 Å². The Labute approximate surface area is 373 Å². The van der Waals surface area contributed by atoms with Crippen LogP contribution in [-0.4, -0.2) is 117 Å². The SMILES string of the molecule is CNC(=O)N1CCc2c(c(N3CCCc4cc(-c5cnn(CCNC(=O)CCCNc6cccc7c6C(=O)N(C6CCC(=O)NC6=O)C7=O)c5)c(C(F)F)cc43)nn2C2CCOCC2)C1. The van der Waals surface area contributed by atoms with Gasteiger partial charge in [-0.05, 0) is 73.9 Å². The summed E-state index contributed by atoms with van der Waals surface area (Å²) in [6, 6.07) is 7.13. The van der Waals surface area contributed by atoms with Gasteiger partial charge in [-0.2, -0.15) is 10.2 Å². The number of piperidine rings is 1. The number of halogens is 2. The van der Waals surface area contributed by atoms with Crippen LogP contribution >= 0.6 is 0 Å². The Morgan fingerprint density at radius 1 is 0.985 bits per heavy atom. The van der Waals surface area contributed by atoms with E-state index in [9.17, 15) is 28.8 Å². The van der Waals surface area contributed by atoms with Crippen LogP contribution in [0.1, 0.15) is 101 Å². The fourth-order valence-electron chi connectivity index (χ4n) is 9.67. The Balaban J connectivity index is 0.824. The number of benzene rings is 2. The van der Waals surface area contributed by atoms with E-state index < -0.39 is 36.1 Å². The third-order valence-electron chi connectivity index (χ3n) is 12.9.